The first kappa shape index (κ1) is 21.6. The maximum atomic E-state index is 12.1. The van der Waals surface area contributed by atoms with Crippen LogP contribution in [0.2, 0.25) is 0 Å². The molecule has 0 saturated heterocycles. The van der Waals surface area contributed by atoms with Crippen LogP contribution in [-0.2, 0) is 29.6 Å². The van der Waals surface area contributed by atoms with E-state index in [-0.39, 0.29) is 0 Å². The van der Waals surface area contributed by atoms with E-state index < -0.39 is 11.5 Å². The maximum absolute atomic E-state index is 12.1. The van der Waals surface area contributed by atoms with Gasteiger partial charge in [0.15, 0.2) is 0 Å². The van der Waals surface area contributed by atoms with Crippen molar-refractivity contribution in [2.24, 2.45) is 0 Å². The number of aryl methyl sites for hydroxylation is 2. The van der Waals surface area contributed by atoms with Crippen LogP contribution in [0.4, 0.5) is 0 Å². The predicted molar refractivity (Wildman–Crippen MR) is 118 cm³/mol. The minimum absolute atomic E-state index is 0.424. The highest BCUT2D eigenvalue weighted by atomic mass is 16.5. The largest absolute Gasteiger partial charge is 0.494 e. The zero-order chi connectivity index (χ0) is 21.4. The molecule has 0 amide bonds. The van der Waals surface area contributed by atoms with Crippen molar-refractivity contribution < 1.29 is 14.6 Å². The van der Waals surface area contributed by atoms with Crippen LogP contribution in [0.1, 0.15) is 43.5 Å². The van der Waals surface area contributed by atoms with Gasteiger partial charge in [-0.1, -0.05) is 32.0 Å². The molecule has 0 unspecified atom stereocenters. The molecule has 0 aliphatic heterocycles. The molecule has 0 aliphatic carbocycles. The van der Waals surface area contributed by atoms with Crippen molar-refractivity contribution in [2.75, 3.05) is 6.61 Å². The SMILES string of the molecule is CCc1ccc(CCCOc2ccc(C[C@](CC)(C(=O)O)n3cccc3)cc2)nc1. The minimum atomic E-state index is -0.980. The number of nitrogens with zero attached hydrogens (tertiary/aromatic N) is 2. The monoisotopic (exact) mass is 406 g/mol. The summed E-state index contributed by atoms with van der Waals surface area (Å²) in [4.78, 5) is 16.6. The summed E-state index contributed by atoms with van der Waals surface area (Å²) in [6.07, 6.45) is 9.29. The van der Waals surface area contributed by atoms with Gasteiger partial charge in [-0.3, -0.25) is 4.98 Å². The van der Waals surface area contributed by atoms with Gasteiger partial charge in [-0.25, -0.2) is 4.79 Å². The Morgan fingerprint density at radius 3 is 2.33 bits per heavy atom. The van der Waals surface area contributed by atoms with Crippen LogP contribution in [-0.4, -0.2) is 27.2 Å². The van der Waals surface area contributed by atoms with Crippen LogP contribution in [0.25, 0.3) is 0 Å². The molecule has 3 rings (SSSR count). The normalized spacial score (nSPS) is 13.0. The van der Waals surface area contributed by atoms with E-state index >= 15 is 0 Å². The molecule has 1 aromatic carbocycles. The molecule has 5 nitrogen and oxygen atoms in total. The first-order valence-electron chi connectivity index (χ1n) is 10.6. The summed E-state index contributed by atoms with van der Waals surface area (Å²) >= 11 is 0. The lowest BCUT2D eigenvalue weighted by molar-refractivity contribution is -0.147. The van der Waals surface area contributed by atoms with Crippen molar-refractivity contribution in [1.29, 1.82) is 0 Å². The number of hydrogen-bond donors (Lipinski definition) is 1. The number of ether oxygens (including phenoxy) is 1. The van der Waals surface area contributed by atoms with Gasteiger partial charge in [-0.15, -0.1) is 0 Å². The number of aliphatic carboxylic acids is 1. The number of hydrogen-bond acceptors (Lipinski definition) is 3. The zero-order valence-corrected chi connectivity index (χ0v) is 17.8. The Labute approximate surface area is 178 Å². The third-order valence-electron chi connectivity index (χ3n) is 5.64. The van der Waals surface area contributed by atoms with E-state index in [1.807, 2.05) is 61.9 Å². The Balaban J connectivity index is 1.54. The fraction of sp³-hybridized carbons (Fsp3) is 0.360. The van der Waals surface area contributed by atoms with Crippen molar-refractivity contribution >= 4 is 5.97 Å². The van der Waals surface area contributed by atoms with Gasteiger partial charge in [0, 0.05) is 30.7 Å². The number of carbonyl (C=O) groups is 1. The van der Waals surface area contributed by atoms with E-state index in [0.29, 0.717) is 19.4 Å². The summed E-state index contributed by atoms with van der Waals surface area (Å²) < 4.78 is 7.65. The van der Waals surface area contributed by atoms with E-state index in [1.54, 1.807) is 4.57 Å². The zero-order valence-electron chi connectivity index (χ0n) is 17.8. The number of aromatic nitrogens is 2. The number of rotatable bonds is 11. The van der Waals surface area contributed by atoms with Gasteiger partial charge in [-0.05, 0) is 67.1 Å². The maximum Gasteiger partial charge on any atom is 0.330 e. The van der Waals surface area contributed by atoms with Crippen LogP contribution >= 0.6 is 0 Å². The fourth-order valence-electron chi connectivity index (χ4n) is 3.65. The van der Waals surface area contributed by atoms with Crippen molar-refractivity contribution in [1.82, 2.24) is 9.55 Å². The van der Waals surface area contributed by atoms with Crippen molar-refractivity contribution in [3.8, 4) is 5.75 Å². The van der Waals surface area contributed by atoms with E-state index in [1.165, 1.54) is 5.56 Å². The number of carboxylic acids is 1. The molecule has 5 heteroatoms. The summed E-state index contributed by atoms with van der Waals surface area (Å²) in [6, 6.07) is 15.7. The van der Waals surface area contributed by atoms with Crippen molar-refractivity contribution in [3.63, 3.8) is 0 Å². The van der Waals surface area contributed by atoms with E-state index in [2.05, 4.69) is 24.0 Å². The summed E-state index contributed by atoms with van der Waals surface area (Å²) in [5.74, 6) is -0.0199. The highest BCUT2D eigenvalue weighted by molar-refractivity contribution is 5.77. The molecule has 30 heavy (non-hydrogen) atoms. The third kappa shape index (κ3) is 5.09. The molecule has 1 atom stereocenters. The average Bonchev–Trinajstić information content (AvgIpc) is 3.31. The molecule has 2 aromatic heterocycles. The lowest BCUT2D eigenvalue weighted by atomic mass is 9.88. The minimum Gasteiger partial charge on any atom is -0.494 e. The lowest BCUT2D eigenvalue weighted by Crippen LogP contribution is -2.42. The van der Waals surface area contributed by atoms with Gasteiger partial charge in [0.1, 0.15) is 11.3 Å². The molecule has 0 bridgehead atoms. The number of benzene rings is 1. The smallest absolute Gasteiger partial charge is 0.330 e. The standard InChI is InChI=1S/C25H30N2O3/c1-3-20-9-12-22(26-19-20)8-7-17-30-23-13-10-21(11-14-23)18-25(4-2,24(28)29)27-15-5-6-16-27/h5-6,9-16,19H,3-4,7-8,17-18H2,1-2H3,(H,28,29)/t25-/m1/s1. The van der Waals surface area contributed by atoms with Gasteiger partial charge in [0.25, 0.3) is 0 Å². The van der Waals surface area contributed by atoms with Crippen molar-refractivity contribution in [3.05, 3.63) is 83.9 Å². The van der Waals surface area contributed by atoms with Gasteiger partial charge in [0.05, 0.1) is 6.61 Å². The molecular weight excluding hydrogens is 376 g/mol. The summed E-state index contributed by atoms with van der Waals surface area (Å²) in [5.41, 5.74) is 2.33. The highest BCUT2D eigenvalue weighted by Gasteiger charge is 2.38. The van der Waals surface area contributed by atoms with E-state index in [4.69, 9.17) is 4.74 Å². The number of pyridine rings is 1. The second-order valence-electron chi connectivity index (χ2n) is 7.56. The third-order valence-corrected chi connectivity index (χ3v) is 5.64. The molecule has 2 heterocycles. The lowest BCUT2D eigenvalue weighted by Gasteiger charge is -2.30. The molecule has 0 radical (unpaired) electrons. The summed E-state index contributed by atoms with van der Waals surface area (Å²) in [5, 5.41) is 9.93. The van der Waals surface area contributed by atoms with E-state index in [9.17, 15) is 9.90 Å². The van der Waals surface area contributed by atoms with Crippen LogP contribution in [0.5, 0.6) is 5.75 Å². The molecule has 0 aliphatic rings. The van der Waals surface area contributed by atoms with Gasteiger partial charge < -0.3 is 14.4 Å². The second-order valence-corrected chi connectivity index (χ2v) is 7.56. The Hall–Kier alpha value is -3.08. The molecule has 0 fully saturated rings. The molecule has 158 valence electrons. The van der Waals surface area contributed by atoms with Gasteiger partial charge in [0.2, 0.25) is 0 Å². The molecule has 0 spiro atoms. The highest BCUT2D eigenvalue weighted by Crippen LogP contribution is 2.28. The molecule has 1 N–H and O–H groups in total. The molecular formula is C25H30N2O3. The average molecular weight is 407 g/mol. The number of carboxylic acid groups (broad SMARTS) is 1. The van der Waals surface area contributed by atoms with Crippen molar-refractivity contribution in [2.45, 2.75) is 51.5 Å². The quantitative estimate of drug-likeness (QED) is 0.461. The van der Waals surface area contributed by atoms with E-state index in [0.717, 1.165) is 36.3 Å². The predicted octanol–water partition coefficient (Wildman–Crippen LogP) is 4.89. The van der Waals surface area contributed by atoms with Crippen LogP contribution in [0.15, 0.2) is 67.1 Å². The Kier molecular flexibility index (Phi) is 7.28. The Bertz CT molecular complexity index is 918. The first-order valence-corrected chi connectivity index (χ1v) is 10.6. The Morgan fingerprint density at radius 2 is 1.77 bits per heavy atom. The van der Waals surface area contributed by atoms with Gasteiger partial charge in [-0.2, -0.15) is 0 Å². The van der Waals surface area contributed by atoms with Crippen LogP contribution < -0.4 is 4.74 Å². The summed E-state index contributed by atoms with van der Waals surface area (Å²) in [7, 11) is 0. The fourth-order valence-corrected chi connectivity index (χ4v) is 3.65. The molecule has 3 aromatic rings. The topological polar surface area (TPSA) is 64.3 Å². The van der Waals surface area contributed by atoms with Gasteiger partial charge >= 0.3 is 5.97 Å². The molecule has 0 saturated carbocycles. The second kappa shape index (κ2) is 10.1. The van der Waals surface area contributed by atoms with Crippen LogP contribution in [0.3, 0.4) is 0 Å². The van der Waals surface area contributed by atoms with Crippen LogP contribution in [0, 0.1) is 0 Å². The first-order chi connectivity index (χ1) is 14.6. The summed E-state index contributed by atoms with van der Waals surface area (Å²) in [6.45, 7) is 4.66. The Morgan fingerprint density at radius 1 is 1.07 bits per heavy atom.